The molecule has 0 aliphatic carbocycles. The van der Waals surface area contributed by atoms with Gasteiger partial charge in [-0.05, 0) is 43.6 Å². The van der Waals surface area contributed by atoms with Crippen LogP contribution < -0.4 is 10.6 Å². The second-order valence-corrected chi connectivity index (χ2v) is 5.74. The Morgan fingerprint density at radius 2 is 2.22 bits per heavy atom. The van der Waals surface area contributed by atoms with Gasteiger partial charge in [0.25, 0.3) is 0 Å². The zero-order valence-corrected chi connectivity index (χ0v) is 12.6. The minimum Gasteiger partial charge on any atom is -0.384 e. The molecule has 3 N–H and O–H groups in total. The number of hydrogen-bond donors (Lipinski definition) is 2. The molecule has 0 aromatic heterocycles. The molecule has 1 aromatic rings. The van der Waals surface area contributed by atoms with Gasteiger partial charge in [-0.2, -0.15) is 11.8 Å². The van der Waals surface area contributed by atoms with Crippen molar-refractivity contribution in [3.8, 4) is 0 Å². The fraction of sp³-hybridized carbons (Fsp3) is 0.462. The Balaban J connectivity index is 2.99. The number of rotatable bonds is 6. The molecule has 0 saturated carbocycles. The number of thioether (sulfide) groups is 1. The maximum Gasteiger partial charge on any atom is 0.124 e. The normalized spacial score (nSPS) is 12.2. The molecule has 100 valence electrons. The highest BCUT2D eigenvalue weighted by atomic mass is 35.5. The lowest BCUT2D eigenvalue weighted by molar-refractivity contribution is 0.669. The van der Waals surface area contributed by atoms with E-state index in [0.717, 1.165) is 23.4 Å². The number of nitrogens with two attached hydrogens (primary N) is 1. The van der Waals surface area contributed by atoms with E-state index in [9.17, 15) is 0 Å². The Kier molecular flexibility index (Phi) is 5.82. The van der Waals surface area contributed by atoms with Crippen molar-refractivity contribution in [2.45, 2.75) is 19.4 Å². The van der Waals surface area contributed by atoms with E-state index in [1.165, 1.54) is 0 Å². The Hall–Kier alpha value is -0.870. The van der Waals surface area contributed by atoms with E-state index in [1.54, 1.807) is 12.1 Å². The molecule has 1 aromatic carbocycles. The molecule has 1 unspecified atom stereocenters. The summed E-state index contributed by atoms with van der Waals surface area (Å²) in [6, 6.07) is 5.82. The number of nitrogens with one attached hydrogen (secondary N) is 1. The summed E-state index contributed by atoms with van der Waals surface area (Å²) in [5.74, 6) is 1.19. The third kappa shape index (κ3) is 3.82. The van der Waals surface area contributed by atoms with Crippen molar-refractivity contribution < 1.29 is 0 Å². The van der Waals surface area contributed by atoms with Gasteiger partial charge in [0.1, 0.15) is 5.84 Å². The zero-order chi connectivity index (χ0) is 13.7. The maximum absolute atomic E-state index is 7.62. The topological polar surface area (TPSA) is 53.1 Å². The largest absolute Gasteiger partial charge is 0.384 e. The number of amidine groups is 1. The summed E-state index contributed by atoms with van der Waals surface area (Å²) in [5.41, 5.74) is 7.27. The van der Waals surface area contributed by atoms with E-state index in [4.69, 9.17) is 22.7 Å². The molecule has 5 heteroatoms. The highest BCUT2D eigenvalue weighted by molar-refractivity contribution is 7.98. The first-order valence-corrected chi connectivity index (χ1v) is 7.60. The predicted octanol–water partition coefficient (Wildman–Crippen LogP) is 3.20. The van der Waals surface area contributed by atoms with Gasteiger partial charge in [0.05, 0.1) is 0 Å². The summed E-state index contributed by atoms with van der Waals surface area (Å²) in [7, 11) is 2.02. The summed E-state index contributed by atoms with van der Waals surface area (Å²) in [5, 5.41) is 8.29. The van der Waals surface area contributed by atoms with Gasteiger partial charge in [0.15, 0.2) is 0 Å². The lowest BCUT2D eigenvalue weighted by atomic mass is 10.1. The van der Waals surface area contributed by atoms with Crippen molar-refractivity contribution in [2.75, 3.05) is 24.0 Å². The summed E-state index contributed by atoms with van der Waals surface area (Å²) in [6.45, 7) is 2.17. The fourth-order valence-electron chi connectivity index (χ4n) is 1.74. The van der Waals surface area contributed by atoms with E-state index in [1.807, 2.05) is 24.9 Å². The van der Waals surface area contributed by atoms with Gasteiger partial charge in [-0.1, -0.05) is 11.6 Å². The first-order chi connectivity index (χ1) is 8.47. The number of benzene rings is 1. The Morgan fingerprint density at radius 1 is 1.56 bits per heavy atom. The van der Waals surface area contributed by atoms with Gasteiger partial charge in [0.2, 0.25) is 0 Å². The molecule has 0 radical (unpaired) electrons. The highest BCUT2D eigenvalue weighted by Crippen LogP contribution is 2.26. The molecule has 0 aliphatic rings. The molecule has 0 spiro atoms. The lowest BCUT2D eigenvalue weighted by Crippen LogP contribution is -2.31. The molecular formula is C13H20ClN3S. The van der Waals surface area contributed by atoms with Crippen LogP contribution in [0.4, 0.5) is 5.69 Å². The Morgan fingerprint density at radius 3 is 2.78 bits per heavy atom. The van der Waals surface area contributed by atoms with Crippen LogP contribution in [0.1, 0.15) is 18.9 Å². The van der Waals surface area contributed by atoms with Crippen molar-refractivity contribution in [3.63, 3.8) is 0 Å². The van der Waals surface area contributed by atoms with E-state index in [2.05, 4.69) is 18.1 Å². The van der Waals surface area contributed by atoms with Crippen molar-refractivity contribution >= 4 is 34.9 Å². The van der Waals surface area contributed by atoms with E-state index in [-0.39, 0.29) is 5.84 Å². The van der Waals surface area contributed by atoms with Crippen LogP contribution in [0.15, 0.2) is 18.2 Å². The lowest BCUT2D eigenvalue weighted by Gasteiger charge is -2.29. The van der Waals surface area contributed by atoms with Gasteiger partial charge in [-0.15, -0.1) is 0 Å². The van der Waals surface area contributed by atoms with Crippen LogP contribution in [0.5, 0.6) is 0 Å². The van der Waals surface area contributed by atoms with Gasteiger partial charge in [-0.3, -0.25) is 5.41 Å². The molecule has 18 heavy (non-hydrogen) atoms. The van der Waals surface area contributed by atoms with Crippen LogP contribution in [-0.2, 0) is 0 Å². The number of halogens is 1. The van der Waals surface area contributed by atoms with Crippen molar-refractivity contribution in [3.05, 3.63) is 28.8 Å². The smallest absolute Gasteiger partial charge is 0.124 e. The Bertz CT molecular complexity index is 423. The minimum atomic E-state index is 0.0746. The molecule has 0 saturated heterocycles. The van der Waals surface area contributed by atoms with Crippen LogP contribution in [-0.4, -0.2) is 30.9 Å². The van der Waals surface area contributed by atoms with Crippen LogP contribution in [0, 0.1) is 5.41 Å². The summed E-state index contributed by atoms with van der Waals surface area (Å²) in [6.07, 6.45) is 3.19. The standard InChI is InChI=1S/C13H20ClN3S/c1-9(6-7-18-3)17(2)12-8-10(14)4-5-11(12)13(15)16/h4-5,8-9H,6-7H2,1-3H3,(H3,15,16). The fourth-order valence-corrected chi connectivity index (χ4v) is 2.49. The number of nitrogen functional groups attached to an aromatic ring is 1. The van der Waals surface area contributed by atoms with Crippen LogP contribution in [0.2, 0.25) is 5.02 Å². The second kappa shape index (κ2) is 6.90. The first kappa shape index (κ1) is 15.2. The highest BCUT2D eigenvalue weighted by Gasteiger charge is 2.15. The maximum atomic E-state index is 7.62. The van der Waals surface area contributed by atoms with Gasteiger partial charge < -0.3 is 10.6 Å². The van der Waals surface area contributed by atoms with Crippen LogP contribution in [0.25, 0.3) is 0 Å². The van der Waals surface area contributed by atoms with Crippen molar-refractivity contribution in [2.24, 2.45) is 5.73 Å². The quantitative estimate of drug-likeness (QED) is 0.623. The summed E-state index contributed by atoms with van der Waals surface area (Å²) in [4.78, 5) is 2.14. The third-order valence-electron chi connectivity index (χ3n) is 3.03. The SMILES string of the molecule is CSCCC(C)N(C)c1cc(Cl)ccc1C(=N)N. The molecule has 0 bridgehead atoms. The molecule has 0 aliphatic heterocycles. The monoisotopic (exact) mass is 285 g/mol. The average Bonchev–Trinajstić information content (AvgIpc) is 2.34. The number of nitrogens with zero attached hydrogens (tertiary/aromatic N) is 1. The zero-order valence-electron chi connectivity index (χ0n) is 11.0. The molecule has 1 atom stereocenters. The molecule has 1 rings (SSSR count). The van der Waals surface area contributed by atoms with Crippen LogP contribution >= 0.6 is 23.4 Å². The van der Waals surface area contributed by atoms with Gasteiger partial charge >= 0.3 is 0 Å². The third-order valence-corrected chi connectivity index (χ3v) is 3.91. The predicted molar refractivity (Wildman–Crippen MR) is 83.3 cm³/mol. The average molecular weight is 286 g/mol. The minimum absolute atomic E-state index is 0.0746. The van der Waals surface area contributed by atoms with Gasteiger partial charge in [0, 0.05) is 29.4 Å². The van der Waals surface area contributed by atoms with Crippen LogP contribution in [0.3, 0.4) is 0 Å². The van der Waals surface area contributed by atoms with Gasteiger partial charge in [-0.25, -0.2) is 0 Å². The van der Waals surface area contributed by atoms with E-state index >= 15 is 0 Å². The summed E-state index contributed by atoms with van der Waals surface area (Å²) < 4.78 is 0. The second-order valence-electron chi connectivity index (χ2n) is 4.32. The molecule has 0 fully saturated rings. The molecule has 3 nitrogen and oxygen atoms in total. The van der Waals surface area contributed by atoms with Crippen molar-refractivity contribution in [1.82, 2.24) is 0 Å². The Labute approximate surface area is 118 Å². The van der Waals surface area contributed by atoms with Crippen molar-refractivity contribution in [1.29, 1.82) is 5.41 Å². The number of hydrogen-bond acceptors (Lipinski definition) is 3. The van der Waals surface area contributed by atoms with E-state index < -0.39 is 0 Å². The first-order valence-electron chi connectivity index (χ1n) is 5.83. The molecular weight excluding hydrogens is 266 g/mol. The molecule has 0 heterocycles. The molecule has 0 amide bonds. The number of anilines is 1. The summed E-state index contributed by atoms with van der Waals surface area (Å²) >= 11 is 7.87. The van der Waals surface area contributed by atoms with E-state index in [0.29, 0.717) is 11.1 Å².